The fraction of sp³-hybridized carbons (Fsp3) is 0.588. The van der Waals surface area contributed by atoms with Crippen molar-refractivity contribution < 1.29 is 14.3 Å². The Morgan fingerprint density at radius 2 is 1.91 bits per heavy atom. The highest BCUT2D eigenvalue weighted by atomic mass is 35.5. The second-order valence-electron chi connectivity index (χ2n) is 5.19. The van der Waals surface area contributed by atoms with Crippen molar-refractivity contribution >= 4 is 23.2 Å². The molecule has 130 valence electrons. The van der Waals surface area contributed by atoms with Gasteiger partial charge in [-0.3, -0.25) is 4.79 Å². The number of benzene rings is 1. The van der Waals surface area contributed by atoms with Gasteiger partial charge in [-0.2, -0.15) is 0 Å². The third kappa shape index (κ3) is 6.67. The van der Waals surface area contributed by atoms with Crippen molar-refractivity contribution in [1.29, 1.82) is 0 Å². The van der Waals surface area contributed by atoms with Gasteiger partial charge in [-0.05, 0) is 25.0 Å². The summed E-state index contributed by atoms with van der Waals surface area (Å²) in [7, 11) is 1.61. The molecule has 1 N–H and O–H groups in total. The van der Waals surface area contributed by atoms with Crippen LogP contribution in [0.3, 0.4) is 0 Å². The zero-order valence-electron chi connectivity index (χ0n) is 14.2. The van der Waals surface area contributed by atoms with E-state index in [0.29, 0.717) is 24.0 Å². The smallest absolute Gasteiger partial charge is 0.241 e. The van der Waals surface area contributed by atoms with Crippen molar-refractivity contribution in [2.24, 2.45) is 0 Å². The summed E-state index contributed by atoms with van der Waals surface area (Å²) < 4.78 is 10.6. The van der Waals surface area contributed by atoms with Crippen LogP contribution in [0, 0.1) is 0 Å². The maximum absolute atomic E-state index is 12.3. The van der Waals surface area contributed by atoms with Gasteiger partial charge in [0.1, 0.15) is 6.61 Å². The lowest BCUT2D eigenvalue weighted by atomic mass is 10.2. The predicted octanol–water partition coefficient (Wildman–Crippen LogP) is 3.43. The molecule has 5 nitrogen and oxygen atoms in total. The zero-order valence-corrected chi connectivity index (χ0v) is 15.0. The van der Waals surface area contributed by atoms with E-state index in [1.807, 2.05) is 17.0 Å². The van der Waals surface area contributed by atoms with Crippen LogP contribution in [0.15, 0.2) is 18.2 Å². The summed E-state index contributed by atoms with van der Waals surface area (Å²) in [5, 5.41) is 3.65. The van der Waals surface area contributed by atoms with E-state index in [1.165, 1.54) is 0 Å². The number of anilines is 1. The third-order valence-corrected chi connectivity index (χ3v) is 3.57. The highest BCUT2D eigenvalue weighted by Gasteiger charge is 2.14. The Morgan fingerprint density at radius 3 is 2.52 bits per heavy atom. The minimum absolute atomic E-state index is 0.0801. The quantitative estimate of drug-likeness (QED) is 0.626. The van der Waals surface area contributed by atoms with E-state index >= 15 is 0 Å². The summed E-state index contributed by atoms with van der Waals surface area (Å²) >= 11 is 6.18. The van der Waals surface area contributed by atoms with Gasteiger partial charge in [0.25, 0.3) is 0 Å². The number of carbonyl (C=O) groups is 1. The Bertz CT molecular complexity index is 477. The number of amides is 1. The van der Waals surface area contributed by atoms with E-state index in [2.05, 4.69) is 19.2 Å². The van der Waals surface area contributed by atoms with Crippen LogP contribution >= 0.6 is 11.6 Å². The molecule has 6 heteroatoms. The number of ether oxygens (including phenoxy) is 2. The van der Waals surface area contributed by atoms with Crippen molar-refractivity contribution in [1.82, 2.24) is 4.90 Å². The van der Waals surface area contributed by atoms with E-state index in [9.17, 15) is 4.79 Å². The summed E-state index contributed by atoms with van der Waals surface area (Å²) in [6, 6.07) is 5.44. The molecule has 0 atom stereocenters. The molecule has 0 aliphatic heterocycles. The Balaban J connectivity index is 2.68. The summed E-state index contributed by atoms with van der Waals surface area (Å²) in [6.45, 7) is 6.80. The summed E-state index contributed by atoms with van der Waals surface area (Å²) in [6.07, 6.45) is 1.91. The molecule has 0 aliphatic rings. The molecular weight excluding hydrogens is 316 g/mol. The lowest BCUT2D eigenvalue weighted by Gasteiger charge is -2.22. The maximum atomic E-state index is 12.3. The van der Waals surface area contributed by atoms with Crippen LogP contribution in [0.5, 0.6) is 5.75 Å². The monoisotopic (exact) mass is 342 g/mol. The number of nitrogens with zero attached hydrogens (tertiary/aromatic N) is 1. The number of hydrogen-bond donors (Lipinski definition) is 1. The first-order valence-electron chi connectivity index (χ1n) is 8.05. The number of carbonyl (C=O) groups excluding carboxylic acids is 1. The standard InChI is InChI=1S/C17H27ClN2O3/c1-4-9-20(10-5-2)16(21)13-19-15-8-6-7-14(18)17(15)23-12-11-22-3/h6-8,19H,4-5,9-13H2,1-3H3. The predicted molar refractivity (Wildman–Crippen MR) is 94.5 cm³/mol. The van der Waals surface area contributed by atoms with Crippen LogP contribution in [0.2, 0.25) is 5.02 Å². The molecule has 0 saturated heterocycles. The van der Waals surface area contributed by atoms with Crippen LogP contribution in [0.4, 0.5) is 5.69 Å². The Labute approximate surface area is 143 Å². The van der Waals surface area contributed by atoms with Crippen molar-refractivity contribution in [2.75, 3.05) is 45.3 Å². The Hall–Kier alpha value is -1.46. The molecule has 1 aromatic rings. The highest BCUT2D eigenvalue weighted by molar-refractivity contribution is 6.32. The van der Waals surface area contributed by atoms with E-state index in [-0.39, 0.29) is 12.5 Å². The summed E-state index contributed by atoms with van der Waals surface area (Å²) in [4.78, 5) is 14.2. The molecule has 0 saturated carbocycles. The van der Waals surface area contributed by atoms with Gasteiger partial charge in [0.15, 0.2) is 5.75 Å². The van der Waals surface area contributed by atoms with Gasteiger partial charge in [0, 0.05) is 20.2 Å². The minimum atomic E-state index is 0.0801. The molecule has 0 aromatic heterocycles. The van der Waals surface area contributed by atoms with Crippen molar-refractivity contribution in [3.63, 3.8) is 0 Å². The Morgan fingerprint density at radius 1 is 1.22 bits per heavy atom. The molecule has 0 spiro atoms. The molecule has 1 aromatic carbocycles. The van der Waals surface area contributed by atoms with Crippen LogP contribution in [0.1, 0.15) is 26.7 Å². The van der Waals surface area contributed by atoms with E-state index in [1.54, 1.807) is 13.2 Å². The van der Waals surface area contributed by atoms with Gasteiger partial charge < -0.3 is 19.7 Å². The molecule has 0 bridgehead atoms. The topological polar surface area (TPSA) is 50.8 Å². The third-order valence-electron chi connectivity index (χ3n) is 3.27. The minimum Gasteiger partial charge on any atom is -0.487 e. The second kappa shape index (κ2) is 11.1. The molecule has 0 aliphatic carbocycles. The van der Waals surface area contributed by atoms with E-state index in [4.69, 9.17) is 21.1 Å². The lowest BCUT2D eigenvalue weighted by molar-refractivity contribution is -0.129. The molecule has 1 amide bonds. The average Bonchev–Trinajstić information content (AvgIpc) is 2.54. The second-order valence-corrected chi connectivity index (χ2v) is 5.60. The maximum Gasteiger partial charge on any atom is 0.241 e. The van der Waals surface area contributed by atoms with Crippen LogP contribution in [-0.2, 0) is 9.53 Å². The van der Waals surface area contributed by atoms with Crippen LogP contribution in [0.25, 0.3) is 0 Å². The molecule has 0 fully saturated rings. The molecule has 1 rings (SSSR count). The number of rotatable bonds is 11. The lowest BCUT2D eigenvalue weighted by Crippen LogP contribution is -2.36. The number of methoxy groups -OCH3 is 1. The largest absolute Gasteiger partial charge is 0.487 e. The molecule has 0 heterocycles. The number of halogens is 1. The molecular formula is C17H27ClN2O3. The zero-order chi connectivity index (χ0) is 17.1. The number of para-hydroxylation sites is 1. The van der Waals surface area contributed by atoms with Gasteiger partial charge in [0.05, 0.1) is 23.9 Å². The van der Waals surface area contributed by atoms with Gasteiger partial charge in [0.2, 0.25) is 5.91 Å². The number of nitrogens with one attached hydrogen (secondary N) is 1. The number of hydrogen-bond acceptors (Lipinski definition) is 4. The van der Waals surface area contributed by atoms with E-state index in [0.717, 1.165) is 31.6 Å². The fourth-order valence-electron chi connectivity index (χ4n) is 2.21. The molecule has 0 unspecified atom stereocenters. The molecule has 0 radical (unpaired) electrons. The highest BCUT2D eigenvalue weighted by Crippen LogP contribution is 2.32. The van der Waals surface area contributed by atoms with Gasteiger partial charge in [-0.1, -0.05) is 31.5 Å². The molecule has 23 heavy (non-hydrogen) atoms. The van der Waals surface area contributed by atoms with Gasteiger partial charge >= 0.3 is 0 Å². The summed E-state index contributed by atoms with van der Waals surface area (Å²) in [5.41, 5.74) is 0.718. The first-order valence-corrected chi connectivity index (χ1v) is 8.43. The van der Waals surface area contributed by atoms with Crippen molar-refractivity contribution in [3.05, 3.63) is 23.2 Å². The average molecular weight is 343 g/mol. The van der Waals surface area contributed by atoms with Crippen molar-refractivity contribution in [2.45, 2.75) is 26.7 Å². The Kier molecular flexibility index (Phi) is 9.48. The van der Waals surface area contributed by atoms with Gasteiger partial charge in [-0.15, -0.1) is 0 Å². The SMILES string of the molecule is CCCN(CCC)C(=O)CNc1cccc(Cl)c1OCCOC. The normalized spacial score (nSPS) is 10.4. The fourth-order valence-corrected chi connectivity index (χ4v) is 2.43. The first-order chi connectivity index (χ1) is 11.1. The van der Waals surface area contributed by atoms with Crippen LogP contribution < -0.4 is 10.1 Å². The van der Waals surface area contributed by atoms with Crippen LogP contribution in [-0.4, -0.2) is 50.8 Å². The summed E-state index contributed by atoms with van der Waals surface area (Å²) in [5.74, 6) is 0.632. The van der Waals surface area contributed by atoms with Crippen molar-refractivity contribution in [3.8, 4) is 5.75 Å². The van der Waals surface area contributed by atoms with E-state index < -0.39 is 0 Å². The van der Waals surface area contributed by atoms with Gasteiger partial charge in [-0.25, -0.2) is 0 Å². The first kappa shape index (κ1) is 19.6.